The van der Waals surface area contributed by atoms with Gasteiger partial charge in [-0.15, -0.1) is 0 Å². The average Bonchev–Trinajstić information content (AvgIpc) is 3.32. The van der Waals surface area contributed by atoms with E-state index in [-0.39, 0.29) is 0 Å². The van der Waals surface area contributed by atoms with E-state index in [1.54, 1.807) is 16.6 Å². The third kappa shape index (κ3) is 3.60. The fraction of sp³-hybridized carbons (Fsp3) is 0.765. The highest BCUT2D eigenvalue weighted by Gasteiger charge is 2.60. The van der Waals surface area contributed by atoms with Gasteiger partial charge in [0.05, 0.1) is 0 Å². The minimum atomic E-state index is 0.502. The Kier molecular flexibility index (Phi) is 5.97. The Morgan fingerprint density at radius 3 is 2.49 bits per heavy atom. The zero-order chi connectivity index (χ0) is 24.5. The standard InChI is InChI=1S/C34H51N/c1-22(2)10-9-11-23(3)28-16-17-29-26-15-14-24-20-32-27(25-12-7-8-13-31(25)35(32)6)21-34(24,5)30(26)18-19-33(28,29)4/h7-8,12-13,22-24,26,28-30H,9-11,14-21H2,1-6H3/t23-,24+,26-,28+,29+,30-,33-,34+/m1/s1. The summed E-state index contributed by atoms with van der Waals surface area (Å²) in [5.41, 5.74) is 5.93. The van der Waals surface area contributed by atoms with Crippen molar-refractivity contribution in [3.63, 3.8) is 0 Å². The molecule has 0 saturated heterocycles. The smallest absolute Gasteiger partial charge is 0.0482 e. The fourth-order valence-electron chi connectivity index (χ4n) is 10.8. The van der Waals surface area contributed by atoms with Crippen LogP contribution in [0.1, 0.15) is 104 Å². The summed E-state index contributed by atoms with van der Waals surface area (Å²) in [6.07, 6.45) is 16.0. The van der Waals surface area contributed by atoms with Crippen LogP contribution in [0.4, 0.5) is 0 Å². The average molecular weight is 474 g/mol. The van der Waals surface area contributed by atoms with Gasteiger partial charge in [0, 0.05) is 23.6 Å². The number of hydrogen-bond donors (Lipinski definition) is 0. The third-order valence-electron chi connectivity index (χ3n) is 12.6. The Morgan fingerprint density at radius 2 is 1.69 bits per heavy atom. The van der Waals surface area contributed by atoms with Gasteiger partial charge in [-0.1, -0.05) is 72.1 Å². The monoisotopic (exact) mass is 473 g/mol. The number of rotatable bonds is 5. The molecule has 8 atom stereocenters. The Morgan fingerprint density at radius 1 is 0.914 bits per heavy atom. The lowest BCUT2D eigenvalue weighted by molar-refractivity contribution is -0.103. The molecule has 1 aromatic carbocycles. The number of aromatic nitrogens is 1. The first-order chi connectivity index (χ1) is 16.7. The molecule has 0 aliphatic heterocycles. The van der Waals surface area contributed by atoms with Gasteiger partial charge in [0.1, 0.15) is 0 Å². The van der Waals surface area contributed by atoms with Gasteiger partial charge in [0.15, 0.2) is 0 Å². The first kappa shape index (κ1) is 24.1. The molecule has 0 spiro atoms. The maximum absolute atomic E-state index is 2.75. The van der Waals surface area contributed by atoms with Crippen LogP contribution >= 0.6 is 0 Å². The van der Waals surface area contributed by atoms with Gasteiger partial charge in [0.2, 0.25) is 0 Å². The zero-order valence-corrected chi connectivity index (χ0v) is 23.6. The number of fused-ring (bicyclic) bond motifs is 8. The van der Waals surface area contributed by atoms with Gasteiger partial charge in [-0.3, -0.25) is 0 Å². The van der Waals surface area contributed by atoms with Gasteiger partial charge >= 0.3 is 0 Å². The largest absolute Gasteiger partial charge is 0.347 e. The van der Waals surface area contributed by atoms with E-state index in [9.17, 15) is 0 Å². The lowest BCUT2D eigenvalue weighted by atomic mass is 9.44. The van der Waals surface area contributed by atoms with Crippen LogP contribution in [-0.2, 0) is 19.9 Å². The lowest BCUT2D eigenvalue weighted by Gasteiger charge is -2.60. The summed E-state index contributed by atoms with van der Waals surface area (Å²) in [5, 5.41) is 1.54. The molecule has 3 saturated carbocycles. The van der Waals surface area contributed by atoms with Crippen molar-refractivity contribution in [3.05, 3.63) is 35.5 Å². The Balaban J connectivity index is 1.25. The summed E-state index contributed by atoms with van der Waals surface area (Å²) in [4.78, 5) is 0. The summed E-state index contributed by atoms with van der Waals surface area (Å²) in [6.45, 7) is 12.9. The van der Waals surface area contributed by atoms with Gasteiger partial charge < -0.3 is 4.57 Å². The molecule has 0 amide bonds. The van der Waals surface area contributed by atoms with Crippen LogP contribution in [0.15, 0.2) is 24.3 Å². The van der Waals surface area contributed by atoms with Crippen LogP contribution in [0, 0.1) is 52.3 Å². The second-order valence-electron chi connectivity index (χ2n) is 14.6. The summed E-state index contributed by atoms with van der Waals surface area (Å²) in [7, 11) is 2.32. The molecule has 4 aliphatic rings. The summed E-state index contributed by atoms with van der Waals surface area (Å²) in [5.74, 6) is 6.56. The molecule has 1 heterocycles. The van der Waals surface area contributed by atoms with Crippen molar-refractivity contribution in [1.82, 2.24) is 4.57 Å². The minimum Gasteiger partial charge on any atom is -0.347 e. The van der Waals surface area contributed by atoms with Crippen LogP contribution in [-0.4, -0.2) is 4.57 Å². The molecule has 3 fully saturated rings. The number of benzene rings is 1. The van der Waals surface area contributed by atoms with Crippen molar-refractivity contribution in [1.29, 1.82) is 0 Å². The molecule has 0 bridgehead atoms. The highest BCUT2D eigenvalue weighted by molar-refractivity contribution is 5.86. The van der Waals surface area contributed by atoms with Crippen LogP contribution in [0.5, 0.6) is 0 Å². The van der Waals surface area contributed by atoms with Crippen molar-refractivity contribution >= 4 is 10.9 Å². The first-order valence-electron chi connectivity index (χ1n) is 15.3. The molecular weight excluding hydrogens is 422 g/mol. The Bertz CT molecular complexity index is 1080. The van der Waals surface area contributed by atoms with E-state index in [4.69, 9.17) is 0 Å². The quantitative estimate of drug-likeness (QED) is 0.408. The van der Waals surface area contributed by atoms with E-state index in [0.29, 0.717) is 10.8 Å². The predicted molar refractivity (Wildman–Crippen MR) is 150 cm³/mol. The maximum Gasteiger partial charge on any atom is 0.0482 e. The SMILES string of the molecule is CC(C)CCC[C@@H](C)[C@@H]1CC[C@H]2[C@H]3CC[C@H]4Cc5c(c6ccccc6n5C)C[C@]4(C)[C@@H]3CC[C@@]21C. The molecule has 1 heteroatoms. The maximum atomic E-state index is 2.75. The minimum absolute atomic E-state index is 0.502. The van der Waals surface area contributed by atoms with Crippen molar-refractivity contribution < 1.29 is 0 Å². The fourth-order valence-corrected chi connectivity index (χ4v) is 10.8. The molecule has 35 heavy (non-hydrogen) atoms. The second-order valence-corrected chi connectivity index (χ2v) is 14.6. The van der Waals surface area contributed by atoms with Gasteiger partial charge in [-0.05, 0) is 115 Å². The van der Waals surface area contributed by atoms with Crippen molar-refractivity contribution in [2.75, 3.05) is 0 Å². The van der Waals surface area contributed by atoms with Crippen LogP contribution in [0.25, 0.3) is 10.9 Å². The van der Waals surface area contributed by atoms with Crippen molar-refractivity contribution in [2.45, 2.75) is 105 Å². The molecule has 0 N–H and O–H groups in total. The summed E-state index contributed by atoms with van der Waals surface area (Å²) < 4.78 is 2.54. The third-order valence-corrected chi connectivity index (χ3v) is 12.6. The van der Waals surface area contributed by atoms with E-state index in [1.165, 1.54) is 76.1 Å². The molecular formula is C34H51N. The molecule has 0 radical (unpaired) electrons. The van der Waals surface area contributed by atoms with Crippen LogP contribution in [0.3, 0.4) is 0 Å². The molecule has 192 valence electrons. The second kappa shape index (κ2) is 8.66. The van der Waals surface area contributed by atoms with E-state index >= 15 is 0 Å². The van der Waals surface area contributed by atoms with E-state index < -0.39 is 0 Å². The zero-order valence-electron chi connectivity index (χ0n) is 23.6. The highest BCUT2D eigenvalue weighted by Crippen LogP contribution is 2.68. The number of nitrogens with zero attached hydrogens (tertiary/aromatic N) is 1. The molecule has 6 rings (SSSR count). The van der Waals surface area contributed by atoms with Crippen LogP contribution < -0.4 is 0 Å². The van der Waals surface area contributed by atoms with Crippen LogP contribution in [0.2, 0.25) is 0 Å². The highest BCUT2D eigenvalue weighted by atomic mass is 15.0. The number of para-hydroxylation sites is 1. The molecule has 0 unspecified atom stereocenters. The van der Waals surface area contributed by atoms with Gasteiger partial charge in [-0.25, -0.2) is 0 Å². The topological polar surface area (TPSA) is 4.93 Å². The molecule has 4 aliphatic carbocycles. The van der Waals surface area contributed by atoms with E-state index in [2.05, 4.69) is 70.5 Å². The van der Waals surface area contributed by atoms with Crippen molar-refractivity contribution in [3.8, 4) is 0 Å². The van der Waals surface area contributed by atoms with Gasteiger partial charge in [0.25, 0.3) is 0 Å². The molecule has 2 aromatic rings. The summed E-state index contributed by atoms with van der Waals surface area (Å²) >= 11 is 0. The molecule has 1 nitrogen and oxygen atoms in total. The van der Waals surface area contributed by atoms with E-state index in [1.807, 2.05) is 0 Å². The Labute approximate surface area is 215 Å². The van der Waals surface area contributed by atoms with Crippen molar-refractivity contribution in [2.24, 2.45) is 59.3 Å². The predicted octanol–water partition coefficient (Wildman–Crippen LogP) is 9.21. The Hall–Kier alpha value is -1.24. The summed E-state index contributed by atoms with van der Waals surface area (Å²) in [6, 6.07) is 9.22. The van der Waals surface area contributed by atoms with Gasteiger partial charge in [-0.2, -0.15) is 0 Å². The first-order valence-corrected chi connectivity index (χ1v) is 15.3. The number of hydrogen-bond acceptors (Lipinski definition) is 0. The van der Waals surface area contributed by atoms with E-state index in [0.717, 1.165) is 41.4 Å². The lowest BCUT2D eigenvalue weighted by Crippen LogP contribution is -2.54. The molecule has 1 aromatic heterocycles. The number of aryl methyl sites for hydroxylation is 1. The normalized spacial score (nSPS) is 39.2.